The minimum absolute atomic E-state index is 0.140. The van der Waals surface area contributed by atoms with Gasteiger partial charge in [-0.3, -0.25) is 19.6 Å². The van der Waals surface area contributed by atoms with Crippen LogP contribution in [0.15, 0.2) is 41.8 Å². The van der Waals surface area contributed by atoms with E-state index < -0.39 is 10.8 Å². The van der Waals surface area contributed by atoms with Crippen molar-refractivity contribution in [2.24, 2.45) is 5.10 Å². The Morgan fingerprint density at radius 2 is 2.14 bits per heavy atom. The third kappa shape index (κ3) is 3.88. The maximum absolute atomic E-state index is 11.7. The van der Waals surface area contributed by atoms with E-state index in [0.717, 1.165) is 22.6 Å². The molecule has 0 atom stereocenters. The number of hydrogen-bond donors (Lipinski definition) is 2. The first kappa shape index (κ1) is 15.2. The Balaban J connectivity index is 1.95. The van der Waals surface area contributed by atoms with E-state index in [9.17, 15) is 20.0 Å². The highest BCUT2D eigenvalue weighted by molar-refractivity contribution is 5.99. The van der Waals surface area contributed by atoms with E-state index >= 15 is 0 Å². The Hall–Kier alpha value is -3.23. The van der Waals surface area contributed by atoms with E-state index in [1.807, 2.05) is 0 Å². The number of benzene rings is 1. The van der Waals surface area contributed by atoms with Gasteiger partial charge in [0.15, 0.2) is 0 Å². The van der Waals surface area contributed by atoms with Crippen LogP contribution in [-0.4, -0.2) is 31.4 Å². The molecule has 0 spiro atoms. The fraction of sp³-hybridized carbons (Fsp3) is 0.154. The topological polar surface area (TPSA) is 123 Å². The average Bonchev–Trinajstić information content (AvgIpc) is 2.94. The van der Waals surface area contributed by atoms with Gasteiger partial charge in [0.05, 0.1) is 10.6 Å². The lowest BCUT2D eigenvalue weighted by Crippen LogP contribution is -2.24. The highest BCUT2D eigenvalue weighted by Crippen LogP contribution is 2.10. The van der Waals surface area contributed by atoms with Crippen molar-refractivity contribution in [3.8, 4) is 5.75 Å². The summed E-state index contributed by atoms with van der Waals surface area (Å²) >= 11 is 0. The molecule has 9 heteroatoms. The number of phenolic OH excluding ortho intramolecular Hbond substituents is 1. The highest BCUT2D eigenvalue weighted by Gasteiger charge is 2.10. The second-order valence-corrected chi connectivity index (χ2v) is 4.43. The smallest absolute Gasteiger partial charge is 0.307 e. The van der Waals surface area contributed by atoms with Crippen LogP contribution in [0.5, 0.6) is 5.75 Å². The molecule has 1 heterocycles. The van der Waals surface area contributed by atoms with Crippen molar-refractivity contribution in [2.45, 2.75) is 13.5 Å². The number of amides is 1. The monoisotopic (exact) mass is 303 g/mol. The summed E-state index contributed by atoms with van der Waals surface area (Å²) in [5, 5.41) is 27.3. The van der Waals surface area contributed by atoms with Crippen molar-refractivity contribution >= 4 is 17.3 Å². The summed E-state index contributed by atoms with van der Waals surface area (Å²) in [5.74, 6) is -0.322. The van der Waals surface area contributed by atoms with Crippen LogP contribution in [0.3, 0.4) is 0 Å². The zero-order valence-electron chi connectivity index (χ0n) is 11.6. The van der Waals surface area contributed by atoms with E-state index in [0.29, 0.717) is 5.71 Å². The van der Waals surface area contributed by atoms with Gasteiger partial charge in [0.1, 0.15) is 24.7 Å². The molecule has 1 aromatic carbocycles. The van der Waals surface area contributed by atoms with E-state index in [1.165, 1.54) is 12.1 Å². The first-order chi connectivity index (χ1) is 10.5. The van der Waals surface area contributed by atoms with Gasteiger partial charge in [-0.1, -0.05) is 0 Å². The molecule has 0 fully saturated rings. The SMILES string of the molecule is C/C(=N\NC(=O)Cn1cc([N+](=O)[O-])cn1)c1ccc(O)cc1. The van der Waals surface area contributed by atoms with Crippen molar-refractivity contribution in [3.63, 3.8) is 0 Å². The normalized spacial score (nSPS) is 11.2. The predicted molar refractivity (Wildman–Crippen MR) is 77.3 cm³/mol. The lowest BCUT2D eigenvalue weighted by atomic mass is 10.1. The van der Waals surface area contributed by atoms with Crippen molar-refractivity contribution < 1.29 is 14.8 Å². The third-order valence-corrected chi connectivity index (χ3v) is 2.77. The van der Waals surface area contributed by atoms with E-state index in [1.54, 1.807) is 19.1 Å². The second-order valence-electron chi connectivity index (χ2n) is 4.43. The minimum Gasteiger partial charge on any atom is -0.508 e. The number of carbonyl (C=O) groups is 1. The summed E-state index contributed by atoms with van der Waals surface area (Å²) in [4.78, 5) is 21.6. The van der Waals surface area contributed by atoms with E-state index in [-0.39, 0.29) is 18.0 Å². The summed E-state index contributed by atoms with van der Waals surface area (Å²) < 4.78 is 1.15. The van der Waals surface area contributed by atoms with Crippen LogP contribution in [0, 0.1) is 10.1 Å². The first-order valence-electron chi connectivity index (χ1n) is 6.25. The molecule has 0 aliphatic rings. The Labute approximate surface area is 125 Å². The second kappa shape index (κ2) is 6.48. The summed E-state index contributed by atoms with van der Waals surface area (Å²) in [6.45, 7) is 1.52. The summed E-state index contributed by atoms with van der Waals surface area (Å²) in [7, 11) is 0. The van der Waals surface area contributed by atoms with Gasteiger partial charge >= 0.3 is 5.69 Å². The highest BCUT2D eigenvalue weighted by atomic mass is 16.6. The molecule has 0 saturated heterocycles. The Kier molecular flexibility index (Phi) is 4.47. The average molecular weight is 303 g/mol. The standard InChI is InChI=1S/C13H13N5O4/c1-9(10-2-4-12(19)5-3-10)15-16-13(20)8-17-7-11(6-14-17)18(21)22/h2-7,19H,8H2,1H3,(H,16,20)/b15-9+. The lowest BCUT2D eigenvalue weighted by Gasteiger charge is -2.03. The maximum Gasteiger partial charge on any atom is 0.307 e. The number of hydrogen-bond acceptors (Lipinski definition) is 6. The van der Waals surface area contributed by atoms with Crippen molar-refractivity contribution in [2.75, 3.05) is 0 Å². The van der Waals surface area contributed by atoms with Gasteiger partial charge in [-0.15, -0.1) is 0 Å². The summed E-state index contributed by atoms with van der Waals surface area (Å²) in [6.07, 6.45) is 2.23. The number of aromatic nitrogens is 2. The molecular formula is C13H13N5O4. The molecule has 0 aliphatic heterocycles. The van der Waals surface area contributed by atoms with Gasteiger partial charge in [-0.25, -0.2) is 5.43 Å². The molecule has 0 aliphatic carbocycles. The number of nitro groups is 1. The van der Waals surface area contributed by atoms with Crippen LogP contribution < -0.4 is 5.43 Å². The fourth-order valence-corrected chi connectivity index (χ4v) is 1.63. The molecule has 0 saturated carbocycles. The van der Waals surface area contributed by atoms with Gasteiger partial charge < -0.3 is 5.11 Å². The molecule has 9 nitrogen and oxygen atoms in total. The van der Waals surface area contributed by atoms with Gasteiger partial charge in [0.25, 0.3) is 5.91 Å². The van der Waals surface area contributed by atoms with Gasteiger partial charge in [-0.05, 0) is 36.8 Å². The third-order valence-electron chi connectivity index (χ3n) is 2.77. The van der Waals surface area contributed by atoms with Gasteiger partial charge in [0.2, 0.25) is 0 Å². The minimum atomic E-state index is -0.589. The molecule has 2 rings (SSSR count). The maximum atomic E-state index is 11.7. The predicted octanol–water partition coefficient (Wildman–Crippen LogP) is 1.04. The van der Waals surface area contributed by atoms with E-state index in [2.05, 4.69) is 15.6 Å². The van der Waals surface area contributed by atoms with Crippen LogP contribution in [-0.2, 0) is 11.3 Å². The number of hydrazone groups is 1. The molecule has 1 aromatic heterocycles. The van der Waals surface area contributed by atoms with Crippen LogP contribution in [0.2, 0.25) is 0 Å². The van der Waals surface area contributed by atoms with Crippen LogP contribution in [0.25, 0.3) is 0 Å². The Bertz CT molecular complexity index is 720. The molecule has 0 bridgehead atoms. The zero-order valence-corrected chi connectivity index (χ0v) is 11.6. The summed E-state index contributed by atoms with van der Waals surface area (Å²) in [5.41, 5.74) is 3.45. The molecular weight excluding hydrogens is 290 g/mol. The zero-order chi connectivity index (χ0) is 16.1. The van der Waals surface area contributed by atoms with Crippen LogP contribution in [0.1, 0.15) is 12.5 Å². The van der Waals surface area contributed by atoms with Crippen molar-refractivity contribution in [3.05, 3.63) is 52.3 Å². The number of phenols is 1. The lowest BCUT2D eigenvalue weighted by molar-refractivity contribution is -0.385. The first-order valence-corrected chi connectivity index (χ1v) is 6.25. The van der Waals surface area contributed by atoms with Gasteiger partial charge in [0, 0.05) is 0 Å². The fourth-order valence-electron chi connectivity index (χ4n) is 1.63. The molecule has 114 valence electrons. The van der Waals surface area contributed by atoms with E-state index in [4.69, 9.17) is 0 Å². The van der Waals surface area contributed by atoms with Crippen LogP contribution >= 0.6 is 0 Å². The number of carbonyl (C=O) groups excluding carboxylic acids is 1. The molecule has 0 radical (unpaired) electrons. The molecule has 0 unspecified atom stereocenters. The Morgan fingerprint density at radius 3 is 2.73 bits per heavy atom. The molecule has 1 amide bonds. The molecule has 2 N–H and O–H groups in total. The number of rotatable bonds is 5. The van der Waals surface area contributed by atoms with Crippen molar-refractivity contribution in [1.82, 2.24) is 15.2 Å². The number of nitrogens with zero attached hydrogens (tertiary/aromatic N) is 4. The Morgan fingerprint density at radius 1 is 1.45 bits per heavy atom. The molecule has 22 heavy (non-hydrogen) atoms. The van der Waals surface area contributed by atoms with Crippen LogP contribution in [0.4, 0.5) is 5.69 Å². The van der Waals surface area contributed by atoms with Gasteiger partial charge in [-0.2, -0.15) is 10.2 Å². The molecule has 2 aromatic rings. The largest absolute Gasteiger partial charge is 0.508 e. The number of nitrogens with one attached hydrogen (secondary N) is 1. The summed E-state index contributed by atoms with van der Waals surface area (Å²) in [6, 6.07) is 6.35. The van der Waals surface area contributed by atoms with Crippen molar-refractivity contribution in [1.29, 1.82) is 0 Å². The quantitative estimate of drug-likeness (QED) is 0.485. The number of aromatic hydroxyl groups is 1.